The van der Waals surface area contributed by atoms with Crippen LogP contribution in [-0.4, -0.2) is 24.1 Å². The van der Waals surface area contributed by atoms with E-state index in [9.17, 15) is 18.0 Å². The summed E-state index contributed by atoms with van der Waals surface area (Å²) in [7, 11) is -1.89. The van der Waals surface area contributed by atoms with Gasteiger partial charge in [-0.1, -0.05) is 86.2 Å². The van der Waals surface area contributed by atoms with Crippen LogP contribution in [0.2, 0.25) is 0 Å². The third kappa shape index (κ3) is 7.95. The highest BCUT2D eigenvalue weighted by Gasteiger charge is 2.44. The number of Topliss-reactive ketones (excluding diaryl/α,β-unsaturated/α-hetero) is 1. The van der Waals surface area contributed by atoms with Crippen LogP contribution in [-0.2, 0) is 9.59 Å². The first-order valence-corrected chi connectivity index (χ1v) is 15.7. The summed E-state index contributed by atoms with van der Waals surface area (Å²) in [5.74, 6) is -2.72. The Hall–Kier alpha value is -3.76. The van der Waals surface area contributed by atoms with Crippen molar-refractivity contribution < 1.29 is 27.9 Å². The van der Waals surface area contributed by atoms with E-state index in [2.05, 4.69) is 130 Å². The number of carboxylic acids is 1. The number of alkyl halides is 3. The molecule has 3 nitrogen and oxygen atoms in total. The molecule has 0 atom stereocenters. The minimum atomic E-state index is -5.19. The number of rotatable bonds is 7. The fraction of sp³-hybridized carbons (Fsp3) is 0.257. The highest BCUT2D eigenvalue weighted by molar-refractivity contribution is 7.95. The van der Waals surface area contributed by atoms with Crippen LogP contribution in [0.5, 0.6) is 0 Å². The molecule has 0 saturated carbocycles. The van der Waals surface area contributed by atoms with Gasteiger partial charge in [0.05, 0.1) is 6.16 Å². The Morgan fingerprint density at radius 3 is 1.67 bits per heavy atom. The number of aliphatic carboxylic acids is 1. The Morgan fingerprint density at radius 2 is 1.29 bits per heavy atom. The highest BCUT2D eigenvalue weighted by atomic mass is 31.2. The van der Waals surface area contributed by atoms with E-state index in [1.165, 1.54) is 27.1 Å². The standard InChI is InChI=1S/C33H36OP.C2HF3O2/c1-26(20-21-31-27(2)32(34)22-24-33(31,3)4)23-25-35(28-14-8-5-9-15-28,29-16-10-6-11-17-29)30-18-12-7-13-19-30;3-2(4,5)1(6)7/h5-21,23H,22,24-25H2,1-4H3;(H,6,7)/q+1;/p-1/b21-20+,26-23+;. The first-order chi connectivity index (χ1) is 19.8. The summed E-state index contributed by atoms with van der Waals surface area (Å²) < 4.78 is 31.5. The van der Waals surface area contributed by atoms with Crippen molar-refractivity contribution in [3.8, 4) is 0 Å². The molecule has 0 aromatic heterocycles. The zero-order valence-electron chi connectivity index (χ0n) is 24.3. The number of ketones is 1. The largest absolute Gasteiger partial charge is 0.542 e. The van der Waals surface area contributed by atoms with Crippen LogP contribution >= 0.6 is 7.26 Å². The molecule has 0 unspecified atom stereocenters. The number of halogens is 3. The Labute approximate surface area is 246 Å². The summed E-state index contributed by atoms with van der Waals surface area (Å²) in [6, 6.07) is 33.0. The number of allylic oxidation sites excluding steroid dienone is 6. The molecule has 0 fully saturated rings. The molecule has 0 bridgehead atoms. The van der Waals surface area contributed by atoms with Crippen molar-refractivity contribution in [2.24, 2.45) is 5.41 Å². The maximum absolute atomic E-state index is 12.4. The van der Waals surface area contributed by atoms with Crippen LogP contribution < -0.4 is 21.0 Å². The van der Waals surface area contributed by atoms with Gasteiger partial charge in [-0.05, 0) is 79.3 Å². The maximum atomic E-state index is 12.4. The Morgan fingerprint density at radius 1 is 0.881 bits per heavy atom. The van der Waals surface area contributed by atoms with E-state index in [1.807, 2.05) is 6.92 Å². The van der Waals surface area contributed by atoms with Crippen molar-refractivity contribution in [3.05, 3.63) is 126 Å². The monoisotopic (exact) mass is 592 g/mol. The lowest BCUT2D eigenvalue weighted by atomic mass is 9.72. The third-order valence-corrected chi connectivity index (χ3v) is 11.8. The summed E-state index contributed by atoms with van der Waals surface area (Å²) in [5, 5.41) is 13.0. The Bertz CT molecular complexity index is 1360. The molecule has 4 rings (SSSR count). The third-order valence-electron chi connectivity index (χ3n) is 7.55. The second kappa shape index (κ2) is 13.9. The van der Waals surface area contributed by atoms with E-state index in [1.54, 1.807) is 0 Å². The van der Waals surface area contributed by atoms with Crippen LogP contribution in [0.4, 0.5) is 13.2 Å². The molecule has 1 aliphatic rings. The van der Waals surface area contributed by atoms with Gasteiger partial charge < -0.3 is 9.90 Å². The van der Waals surface area contributed by atoms with Gasteiger partial charge in [0.1, 0.15) is 29.1 Å². The van der Waals surface area contributed by atoms with Gasteiger partial charge in [0.25, 0.3) is 0 Å². The minimum absolute atomic E-state index is 0.0314. The van der Waals surface area contributed by atoms with Gasteiger partial charge in [-0.3, -0.25) is 4.79 Å². The zero-order valence-corrected chi connectivity index (χ0v) is 25.2. The lowest BCUT2D eigenvalue weighted by Crippen LogP contribution is -2.37. The van der Waals surface area contributed by atoms with Crippen LogP contribution in [0.3, 0.4) is 0 Å². The van der Waals surface area contributed by atoms with Crippen LogP contribution in [0.1, 0.15) is 40.5 Å². The molecular formula is C35H36F3O3P. The van der Waals surface area contributed by atoms with Crippen LogP contribution in [0.15, 0.2) is 126 Å². The number of hydrogen-bond donors (Lipinski definition) is 0. The quantitative estimate of drug-likeness (QED) is 0.233. The van der Waals surface area contributed by atoms with E-state index in [0.717, 1.165) is 18.2 Å². The number of carbonyl (C=O) groups excluding carboxylic acids is 2. The summed E-state index contributed by atoms with van der Waals surface area (Å²) in [4.78, 5) is 21.1. The van der Waals surface area contributed by atoms with E-state index < -0.39 is 19.4 Å². The summed E-state index contributed by atoms with van der Waals surface area (Å²) in [6.07, 6.45) is 4.10. The fourth-order valence-electron chi connectivity index (χ4n) is 5.13. The number of carboxylic acid groups (broad SMARTS) is 1. The van der Waals surface area contributed by atoms with Gasteiger partial charge in [-0.2, -0.15) is 13.2 Å². The number of hydrogen-bond acceptors (Lipinski definition) is 3. The topological polar surface area (TPSA) is 57.2 Å². The average Bonchev–Trinajstić information content (AvgIpc) is 2.97. The molecule has 0 radical (unpaired) electrons. The van der Waals surface area contributed by atoms with Crippen LogP contribution in [0, 0.1) is 5.41 Å². The summed E-state index contributed by atoms with van der Waals surface area (Å²) in [6.45, 7) is 8.66. The highest BCUT2D eigenvalue weighted by Crippen LogP contribution is 2.55. The fourth-order valence-corrected chi connectivity index (χ4v) is 9.26. The molecule has 0 amide bonds. The van der Waals surface area contributed by atoms with Crippen LogP contribution in [0.25, 0.3) is 0 Å². The lowest BCUT2D eigenvalue weighted by Gasteiger charge is -2.32. The second-order valence-corrected chi connectivity index (χ2v) is 14.4. The minimum Gasteiger partial charge on any atom is -0.542 e. The van der Waals surface area contributed by atoms with Gasteiger partial charge >= 0.3 is 6.18 Å². The van der Waals surface area contributed by atoms with Crippen molar-refractivity contribution in [1.82, 2.24) is 0 Å². The predicted molar refractivity (Wildman–Crippen MR) is 165 cm³/mol. The lowest BCUT2D eigenvalue weighted by molar-refractivity contribution is -0.344. The molecule has 0 N–H and O–H groups in total. The first kappa shape index (κ1) is 32.8. The normalized spacial score (nSPS) is 15.8. The van der Waals surface area contributed by atoms with Crippen molar-refractivity contribution >= 4 is 34.9 Å². The van der Waals surface area contributed by atoms with Gasteiger partial charge in [0.15, 0.2) is 5.78 Å². The van der Waals surface area contributed by atoms with Gasteiger partial charge in [-0.25, -0.2) is 0 Å². The predicted octanol–water partition coefficient (Wildman–Crippen LogP) is 6.49. The first-order valence-electron chi connectivity index (χ1n) is 13.7. The smallest absolute Gasteiger partial charge is 0.430 e. The van der Waals surface area contributed by atoms with Gasteiger partial charge in [0.2, 0.25) is 0 Å². The van der Waals surface area contributed by atoms with E-state index in [4.69, 9.17) is 9.90 Å². The molecule has 0 heterocycles. The molecule has 0 spiro atoms. The summed E-state index contributed by atoms with van der Waals surface area (Å²) >= 11 is 0. The van der Waals surface area contributed by atoms with Crippen molar-refractivity contribution in [3.63, 3.8) is 0 Å². The van der Waals surface area contributed by atoms with E-state index in [0.29, 0.717) is 6.42 Å². The Balaban J connectivity index is 0.000000616. The van der Waals surface area contributed by atoms with Crippen molar-refractivity contribution in [2.75, 3.05) is 6.16 Å². The van der Waals surface area contributed by atoms with Crippen molar-refractivity contribution in [2.45, 2.75) is 46.7 Å². The average molecular weight is 593 g/mol. The number of benzene rings is 3. The molecule has 7 heteroatoms. The molecule has 220 valence electrons. The molecule has 0 saturated heterocycles. The second-order valence-electron chi connectivity index (χ2n) is 10.9. The van der Waals surface area contributed by atoms with Gasteiger partial charge in [0, 0.05) is 6.42 Å². The van der Waals surface area contributed by atoms with Crippen molar-refractivity contribution in [1.29, 1.82) is 0 Å². The zero-order chi connectivity index (χ0) is 31.0. The summed E-state index contributed by atoms with van der Waals surface area (Å²) in [5.41, 5.74) is 3.36. The SMILES string of the molecule is CC1=C(/C=C/C(C)=C/C[P+](c2ccccc2)(c2ccccc2)c2ccccc2)C(C)(C)CCC1=O.O=C([O-])C(F)(F)F. The Kier molecular flexibility index (Phi) is 10.9. The van der Waals surface area contributed by atoms with E-state index in [-0.39, 0.29) is 11.2 Å². The molecule has 3 aromatic carbocycles. The van der Waals surface area contributed by atoms with Gasteiger partial charge in [-0.15, -0.1) is 0 Å². The molecule has 1 aliphatic carbocycles. The molecule has 42 heavy (non-hydrogen) atoms. The van der Waals surface area contributed by atoms with E-state index >= 15 is 0 Å². The molecular weight excluding hydrogens is 556 g/mol. The maximum Gasteiger partial charge on any atom is 0.430 e. The molecule has 0 aliphatic heterocycles. The molecule has 3 aromatic rings. The number of carbonyl (C=O) groups is 2.